The highest BCUT2D eigenvalue weighted by Gasteiger charge is 2.51. The van der Waals surface area contributed by atoms with Crippen LogP contribution in [0.2, 0.25) is 0 Å². The molecule has 0 heterocycles. The van der Waals surface area contributed by atoms with Gasteiger partial charge in [-0.2, -0.15) is 0 Å². The van der Waals surface area contributed by atoms with Crippen LogP contribution in [0.4, 0.5) is 0 Å². The molecule has 4 N–H and O–H groups in total. The Hall–Kier alpha value is -4.20. The molecule has 0 saturated heterocycles. The SMILES string of the molecule is O=C(O)C1=CC=CCC1(C(=O)O)c1c(-c2ccccc2)ccc(C(=O)O)c1C(=O)O. The fourth-order valence-corrected chi connectivity index (χ4v) is 3.77. The van der Waals surface area contributed by atoms with Crippen LogP contribution < -0.4 is 0 Å². The number of carbonyl (C=O) groups is 4. The summed E-state index contributed by atoms with van der Waals surface area (Å²) in [5, 5.41) is 39.3. The fourth-order valence-electron chi connectivity index (χ4n) is 3.77. The van der Waals surface area contributed by atoms with E-state index in [9.17, 15) is 39.6 Å². The van der Waals surface area contributed by atoms with Crippen LogP contribution in [-0.2, 0) is 15.0 Å². The Balaban J connectivity index is 2.57. The van der Waals surface area contributed by atoms with Crippen molar-refractivity contribution in [1.82, 2.24) is 0 Å². The number of aromatic carboxylic acids is 2. The Morgan fingerprint density at radius 2 is 1.47 bits per heavy atom. The van der Waals surface area contributed by atoms with Gasteiger partial charge < -0.3 is 20.4 Å². The molecular formula is C22H16O8. The third kappa shape index (κ3) is 3.14. The van der Waals surface area contributed by atoms with E-state index in [1.165, 1.54) is 18.2 Å². The minimum Gasteiger partial charge on any atom is -0.480 e. The van der Waals surface area contributed by atoms with Crippen LogP contribution in [0.5, 0.6) is 0 Å². The molecule has 1 aliphatic carbocycles. The van der Waals surface area contributed by atoms with E-state index in [2.05, 4.69) is 0 Å². The average molecular weight is 408 g/mol. The second-order valence-corrected chi connectivity index (χ2v) is 6.62. The highest BCUT2D eigenvalue weighted by atomic mass is 16.4. The Labute approximate surface area is 170 Å². The summed E-state index contributed by atoms with van der Waals surface area (Å²) < 4.78 is 0. The zero-order valence-electron chi connectivity index (χ0n) is 15.4. The molecule has 0 saturated carbocycles. The molecule has 0 radical (unpaired) electrons. The first-order valence-corrected chi connectivity index (χ1v) is 8.75. The summed E-state index contributed by atoms with van der Waals surface area (Å²) in [6, 6.07) is 10.6. The number of allylic oxidation sites excluding steroid dienone is 3. The van der Waals surface area contributed by atoms with Crippen molar-refractivity contribution in [3.63, 3.8) is 0 Å². The summed E-state index contributed by atoms with van der Waals surface area (Å²) in [5.74, 6) is -6.37. The summed E-state index contributed by atoms with van der Waals surface area (Å²) >= 11 is 0. The first-order chi connectivity index (χ1) is 14.2. The number of hydrogen-bond donors (Lipinski definition) is 4. The Morgan fingerprint density at radius 1 is 0.800 bits per heavy atom. The molecule has 1 atom stereocenters. The van der Waals surface area contributed by atoms with Gasteiger partial charge in [0.25, 0.3) is 0 Å². The topological polar surface area (TPSA) is 149 Å². The van der Waals surface area contributed by atoms with Crippen LogP contribution in [0.1, 0.15) is 32.7 Å². The lowest BCUT2D eigenvalue weighted by molar-refractivity contribution is -0.145. The molecule has 0 aliphatic heterocycles. The van der Waals surface area contributed by atoms with Crippen molar-refractivity contribution < 1.29 is 39.6 Å². The average Bonchev–Trinajstić information content (AvgIpc) is 2.72. The quantitative estimate of drug-likeness (QED) is 0.570. The number of carboxylic acid groups (broad SMARTS) is 4. The van der Waals surface area contributed by atoms with Gasteiger partial charge in [-0.25, -0.2) is 14.4 Å². The lowest BCUT2D eigenvalue weighted by Crippen LogP contribution is -2.43. The van der Waals surface area contributed by atoms with Crippen molar-refractivity contribution >= 4 is 23.9 Å². The predicted octanol–water partition coefficient (Wildman–Crippen LogP) is 3.04. The minimum absolute atomic E-state index is 0.128. The molecule has 0 bridgehead atoms. The van der Waals surface area contributed by atoms with Crippen LogP contribution in [-0.4, -0.2) is 44.3 Å². The molecule has 0 amide bonds. The van der Waals surface area contributed by atoms with Crippen molar-refractivity contribution in [2.45, 2.75) is 11.8 Å². The van der Waals surface area contributed by atoms with E-state index >= 15 is 0 Å². The highest BCUT2D eigenvalue weighted by Crippen LogP contribution is 2.46. The Kier molecular flexibility index (Phi) is 5.25. The molecular weight excluding hydrogens is 392 g/mol. The van der Waals surface area contributed by atoms with Crippen molar-refractivity contribution in [3.05, 3.63) is 83.0 Å². The molecule has 8 heteroatoms. The lowest BCUT2D eigenvalue weighted by Gasteiger charge is -2.34. The Bertz CT molecular complexity index is 1130. The molecule has 152 valence electrons. The molecule has 3 rings (SSSR count). The zero-order valence-corrected chi connectivity index (χ0v) is 15.4. The molecule has 0 aromatic heterocycles. The maximum Gasteiger partial charge on any atom is 0.336 e. The fraction of sp³-hybridized carbons (Fsp3) is 0.0909. The molecule has 2 aromatic carbocycles. The van der Waals surface area contributed by atoms with E-state index in [1.54, 1.807) is 30.3 Å². The van der Waals surface area contributed by atoms with Crippen LogP contribution in [0, 0.1) is 0 Å². The molecule has 0 spiro atoms. The second-order valence-electron chi connectivity index (χ2n) is 6.62. The van der Waals surface area contributed by atoms with Gasteiger partial charge in [-0.05, 0) is 29.2 Å². The summed E-state index contributed by atoms with van der Waals surface area (Å²) in [7, 11) is 0. The van der Waals surface area contributed by atoms with Gasteiger partial charge in [0, 0.05) is 0 Å². The smallest absolute Gasteiger partial charge is 0.336 e. The van der Waals surface area contributed by atoms with Gasteiger partial charge in [-0.1, -0.05) is 54.6 Å². The van der Waals surface area contributed by atoms with Gasteiger partial charge in [0.1, 0.15) is 5.41 Å². The first kappa shape index (κ1) is 20.5. The van der Waals surface area contributed by atoms with Gasteiger partial charge in [0.15, 0.2) is 0 Å². The van der Waals surface area contributed by atoms with E-state index in [0.717, 1.165) is 12.1 Å². The van der Waals surface area contributed by atoms with Crippen molar-refractivity contribution in [1.29, 1.82) is 0 Å². The normalized spacial score (nSPS) is 17.8. The monoisotopic (exact) mass is 408 g/mol. The molecule has 30 heavy (non-hydrogen) atoms. The van der Waals surface area contributed by atoms with Gasteiger partial charge >= 0.3 is 23.9 Å². The van der Waals surface area contributed by atoms with Crippen LogP contribution in [0.25, 0.3) is 11.1 Å². The number of hydrogen-bond acceptors (Lipinski definition) is 4. The van der Waals surface area contributed by atoms with Gasteiger partial charge in [0.05, 0.1) is 16.7 Å². The van der Waals surface area contributed by atoms with E-state index in [-0.39, 0.29) is 17.5 Å². The van der Waals surface area contributed by atoms with Gasteiger partial charge in [-0.15, -0.1) is 0 Å². The first-order valence-electron chi connectivity index (χ1n) is 8.75. The highest BCUT2D eigenvalue weighted by molar-refractivity contribution is 6.10. The molecule has 1 unspecified atom stereocenters. The largest absolute Gasteiger partial charge is 0.480 e. The molecule has 0 fully saturated rings. The van der Waals surface area contributed by atoms with Gasteiger partial charge in [-0.3, -0.25) is 4.79 Å². The van der Waals surface area contributed by atoms with E-state index < -0.39 is 46.0 Å². The zero-order chi connectivity index (χ0) is 22.1. The van der Waals surface area contributed by atoms with Crippen molar-refractivity contribution in [2.75, 3.05) is 0 Å². The standard InChI is InChI=1S/C22H16O8/c23-18(24)14-10-9-13(12-6-2-1-3-7-12)17(16(14)20(27)28)22(21(29)30)11-5-4-8-15(22)19(25)26/h1-10H,11H2,(H,23,24)(H,25,26)(H,27,28)(H,29,30). The van der Waals surface area contributed by atoms with Crippen molar-refractivity contribution in [3.8, 4) is 11.1 Å². The second kappa shape index (κ2) is 7.67. The minimum atomic E-state index is -2.30. The summed E-state index contributed by atoms with van der Waals surface area (Å²) in [4.78, 5) is 48.4. The number of aliphatic carboxylic acids is 2. The van der Waals surface area contributed by atoms with Crippen LogP contribution >= 0.6 is 0 Å². The third-order valence-corrected chi connectivity index (χ3v) is 5.04. The maximum atomic E-state index is 12.6. The van der Waals surface area contributed by atoms with Gasteiger partial charge in [0.2, 0.25) is 0 Å². The van der Waals surface area contributed by atoms with E-state index in [0.29, 0.717) is 5.56 Å². The molecule has 2 aromatic rings. The maximum absolute atomic E-state index is 12.6. The van der Waals surface area contributed by atoms with E-state index in [1.807, 2.05) is 0 Å². The number of rotatable bonds is 6. The lowest BCUT2D eigenvalue weighted by atomic mass is 9.65. The van der Waals surface area contributed by atoms with Crippen LogP contribution in [0.3, 0.4) is 0 Å². The molecule has 8 nitrogen and oxygen atoms in total. The third-order valence-electron chi connectivity index (χ3n) is 5.04. The summed E-state index contributed by atoms with van der Waals surface area (Å²) in [5.41, 5.74) is -4.07. The van der Waals surface area contributed by atoms with Crippen LogP contribution in [0.15, 0.2) is 66.3 Å². The molecule has 1 aliphatic rings. The van der Waals surface area contributed by atoms with Crippen molar-refractivity contribution in [2.24, 2.45) is 0 Å². The summed E-state index contributed by atoms with van der Waals surface area (Å²) in [6.45, 7) is 0. The number of carboxylic acids is 4. The number of benzene rings is 2. The summed E-state index contributed by atoms with van der Waals surface area (Å²) in [6.07, 6.45) is 3.51. The Morgan fingerprint density at radius 3 is 2.00 bits per heavy atom. The van der Waals surface area contributed by atoms with E-state index in [4.69, 9.17) is 0 Å². The predicted molar refractivity (Wildman–Crippen MR) is 105 cm³/mol.